The van der Waals surface area contributed by atoms with Crippen LogP contribution < -0.4 is 16.0 Å². The van der Waals surface area contributed by atoms with Crippen LogP contribution in [0.15, 0.2) is 18.3 Å². The van der Waals surface area contributed by atoms with Gasteiger partial charge in [-0.25, -0.2) is 4.98 Å². The fraction of sp³-hybridized carbons (Fsp3) is 0.571. The number of ether oxygens (including phenoxy) is 1. The van der Waals surface area contributed by atoms with Crippen molar-refractivity contribution in [2.24, 2.45) is 0 Å². The minimum absolute atomic E-state index is 0.0473. The van der Waals surface area contributed by atoms with E-state index in [4.69, 9.17) is 10.5 Å². The maximum absolute atomic E-state index is 11.7. The number of methoxy groups -OCH3 is 1. The van der Waals surface area contributed by atoms with Gasteiger partial charge in [-0.05, 0) is 12.1 Å². The van der Waals surface area contributed by atoms with Gasteiger partial charge in [0, 0.05) is 39.8 Å². The van der Waals surface area contributed by atoms with E-state index in [9.17, 15) is 4.79 Å². The average molecular weight is 293 g/mol. The van der Waals surface area contributed by atoms with Crippen LogP contribution in [-0.4, -0.2) is 68.8 Å². The highest BCUT2D eigenvalue weighted by molar-refractivity contribution is 5.78. The molecule has 1 aliphatic rings. The zero-order valence-corrected chi connectivity index (χ0v) is 12.4. The number of anilines is 2. The lowest BCUT2D eigenvalue weighted by Crippen LogP contribution is -2.50. The standard InChI is InChI=1S/C14H23N5O2/c1-21-9-4-16-14(20)11-18-5-7-19(8-6-18)13-3-2-12(15)10-17-13/h2-3,10H,4-9,11,15H2,1H3,(H,16,20). The highest BCUT2D eigenvalue weighted by Gasteiger charge is 2.19. The van der Waals surface area contributed by atoms with E-state index in [1.807, 2.05) is 12.1 Å². The number of nitrogens with zero attached hydrogens (tertiary/aromatic N) is 3. The second kappa shape index (κ2) is 7.80. The van der Waals surface area contributed by atoms with E-state index >= 15 is 0 Å². The van der Waals surface area contributed by atoms with E-state index in [1.165, 1.54) is 0 Å². The third kappa shape index (κ3) is 4.87. The zero-order chi connectivity index (χ0) is 15.1. The number of nitrogens with one attached hydrogen (secondary N) is 1. The number of rotatable bonds is 6. The lowest BCUT2D eigenvalue weighted by Gasteiger charge is -2.35. The third-order valence-electron chi connectivity index (χ3n) is 3.46. The van der Waals surface area contributed by atoms with Gasteiger partial charge in [0.15, 0.2) is 0 Å². The van der Waals surface area contributed by atoms with Crippen molar-refractivity contribution in [2.45, 2.75) is 0 Å². The number of carbonyl (C=O) groups excluding carboxylic acids is 1. The molecule has 2 heterocycles. The first-order valence-electron chi connectivity index (χ1n) is 7.13. The Morgan fingerprint density at radius 2 is 2.14 bits per heavy atom. The van der Waals surface area contributed by atoms with Crippen LogP contribution in [0, 0.1) is 0 Å². The average Bonchev–Trinajstić information content (AvgIpc) is 2.49. The Kier molecular flexibility index (Phi) is 5.77. The van der Waals surface area contributed by atoms with Crippen molar-refractivity contribution in [3.8, 4) is 0 Å². The lowest BCUT2D eigenvalue weighted by molar-refractivity contribution is -0.122. The quantitative estimate of drug-likeness (QED) is 0.691. The fourth-order valence-corrected chi connectivity index (χ4v) is 2.27. The van der Waals surface area contributed by atoms with E-state index in [0.29, 0.717) is 25.4 Å². The summed E-state index contributed by atoms with van der Waals surface area (Å²) in [5.41, 5.74) is 6.31. The molecule has 0 aliphatic carbocycles. The molecule has 1 aliphatic heterocycles. The van der Waals surface area contributed by atoms with Gasteiger partial charge in [0.1, 0.15) is 5.82 Å². The van der Waals surface area contributed by atoms with Crippen LogP contribution in [0.2, 0.25) is 0 Å². The van der Waals surface area contributed by atoms with Crippen LogP contribution in [0.25, 0.3) is 0 Å². The van der Waals surface area contributed by atoms with Gasteiger partial charge in [-0.2, -0.15) is 0 Å². The van der Waals surface area contributed by atoms with Crippen molar-refractivity contribution >= 4 is 17.4 Å². The highest BCUT2D eigenvalue weighted by atomic mass is 16.5. The summed E-state index contributed by atoms with van der Waals surface area (Å²) < 4.78 is 4.90. The largest absolute Gasteiger partial charge is 0.397 e. The molecule has 21 heavy (non-hydrogen) atoms. The Balaban J connectivity index is 1.73. The Morgan fingerprint density at radius 1 is 1.38 bits per heavy atom. The number of hydrogen-bond donors (Lipinski definition) is 2. The molecule has 116 valence electrons. The Morgan fingerprint density at radius 3 is 2.76 bits per heavy atom. The summed E-state index contributed by atoms with van der Waals surface area (Å²) in [6, 6.07) is 3.79. The van der Waals surface area contributed by atoms with Crippen LogP contribution in [0.4, 0.5) is 11.5 Å². The number of hydrogen-bond acceptors (Lipinski definition) is 6. The number of aromatic nitrogens is 1. The predicted octanol–water partition coefficient (Wildman–Crippen LogP) is -0.452. The maximum Gasteiger partial charge on any atom is 0.234 e. The van der Waals surface area contributed by atoms with E-state index in [2.05, 4.69) is 20.1 Å². The molecule has 0 aromatic carbocycles. The van der Waals surface area contributed by atoms with Crippen molar-refractivity contribution in [3.05, 3.63) is 18.3 Å². The summed E-state index contributed by atoms with van der Waals surface area (Å²) in [6.45, 7) is 4.97. The lowest BCUT2D eigenvalue weighted by atomic mass is 10.3. The van der Waals surface area contributed by atoms with Crippen LogP contribution in [0.1, 0.15) is 0 Å². The Bertz CT molecular complexity index is 443. The van der Waals surface area contributed by atoms with Gasteiger partial charge in [0.05, 0.1) is 25.0 Å². The van der Waals surface area contributed by atoms with Gasteiger partial charge in [0.25, 0.3) is 0 Å². The monoisotopic (exact) mass is 293 g/mol. The number of nitrogens with two attached hydrogens (primary N) is 1. The minimum Gasteiger partial charge on any atom is -0.397 e. The van der Waals surface area contributed by atoms with E-state index in [1.54, 1.807) is 13.3 Å². The first-order valence-corrected chi connectivity index (χ1v) is 7.13. The van der Waals surface area contributed by atoms with Gasteiger partial charge in [-0.1, -0.05) is 0 Å². The van der Waals surface area contributed by atoms with Crippen molar-refractivity contribution in [2.75, 3.05) is 63.6 Å². The topological polar surface area (TPSA) is 83.7 Å². The zero-order valence-electron chi connectivity index (χ0n) is 12.4. The molecule has 0 radical (unpaired) electrons. The van der Waals surface area contributed by atoms with E-state index in [-0.39, 0.29) is 5.91 Å². The van der Waals surface area contributed by atoms with Crippen LogP contribution in [-0.2, 0) is 9.53 Å². The van der Waals surface area contributed by atoms with E-state index in [0.717, 1.165) is 32.0 Å². The highest BCUT2D eigenvalue weighted by Crippen LogP contribution is 2.14. The normalized spacial score (nSPS) is 16.0. The molecule has 1 fully saturated rings. The molecule has 0 atom stereocenters. The molecule has 2 rings (SSSR count). The second-order valence-corrected chi connectivity index (χ2v) is 5.06. The molecule has 7 nitrogen and oxygen atoms in total. The van der Waals surface area contributed by atoms with Crippen LogP contribution in [0.5, 0.6) is 0 Å². The van der Waals surface area contributed by atoms with Crippen molar-refractivity contribution in [3.63, 3.8) is 0 Å². The molecule has 0 spiro atoms. The molecule has 3 N–H and O–H groups in total. The fourth-order valence-electron chi connectivity index (χ4n) is 2.27. The predicted molar refractivity (Wildman–Crippen MR) is 82.2 cm³/mol. The van der Waals surface area contributed by atoms with Crippen molar-refractivity contribution in [1.82, 2.24) is 15.2 Å². The first kappa shape index (κ1) is 15.5. The summed E-state index contributed by atoms with van der Waals surface area (Å²) >= 11 is 0. The van der Waals surface area contributed by atoms with Gasteiger partial charge in [-0.15, -0.1) is 0 Å². The van der Waals surface area contributed by atoms with Gasteiger partial charge >= 0.3 is 0 Å². The maximum atomic E-state index is 11.7. The van der Waals surface area contributed by atoms with Gasteiger partial charge in [0.2, 0.25) is 5.91 Å². The summed E-state index contributed by atoms with van der Waals surface area (Å²) in [5.74, 6) is 0.986. The SMILES string of the molecule is COCCNC(=O)CN1CCN(c2ccc(N)cn2)CC1. The third-order valence-corrected chi connectivity index (χ3v) is 3.46. The Hall–Kier alpha value is -1.86. The van der Waals surface area contributed by atoms with Crippen molar-refractivity contribution < 1.29 is 9.53 Å². The van der Waals surface area contributed by atoms with Crippen LogP contribution in [0.3, 0.4) is 0 Å². The minimum atomic E-state index is 0.0473. The summed E-state index contributed by atoms with van der Waals surface area (Å²) in [6.07, 6.45) is 1.67. The first-order chi connectivity index (χ1) is 10.2. The molecular weight excluding hydrogens is 270 g/mol. The smallest absolute Gasteiger partial charge is 0.234 e. The van der Waals surface area contributed by atoms with Gasteiger partial charge < -0.3 is 20.7 Å². The molecule has 1 aromatic rings. The van der Waals surface area contributed by atoms with Gasteiger partial charge in [-0.3, -0.25) is 9.69 Å². The Labute approximate surface area is 125 Å². The molecule has 7 heteroatoms. The number of nitrogen functional groups attached to an aromatic ring is 1. The molecule has 0 unspecified atom stereocenters. The number of piperazine rings is 1. The molecular formula is C14H23N5O2. The number of carbonyl (C=O) groups is 1. The number of pyridine rings is 1. The molecule has 1 saturated heterocycles. The molecule has 1 aromatic heterocycles. The summed E-state index contributed by atoms with van der Waals surface area (Å²) in [7, 11) is 1.62. The number of amides is 1. The second-order valence-electron chi connectivity index (χ2n) is 5.06. The van der Waals surface area contributed by atoms with E-state index < -0.39 is 0 Å². The molecule has 1 amide bonds. The molecule has 0 bridgehead atoms. The summed E-state index contributed by atoms with van der Waals surface area (Å²) in [5, 5.41) is 2.83. The molecule has 0 saturated carbocycles. The van der Waals surface area contributed by atoms with Crippen LogP contribution >= 0.6 is 0 Å². The van der Waals surface area contributed by atoms with Crippen molar-refractivity contribution in [1.29, 1.82) is 0 Å². The summed E-state index contributed by atoms with van der Waals surface area (Å²) in [4.78, 5) is 20.4.